The van der Waals surface area contributed by atoms with E-state index in [1.54, 1.807) is 0 Å². The maximum absolute atomic E-state index is 13.3. The number of primary amides is 1. The molecular formula is C21H17F6N7O. The highest BCUT2D eigenvalue weighted by Gasteiger charge is 2.35. The van der Waals surface area contributed by atoms with Crippen molar-refractivity contribution in [3.8, 4) is 11.4 Å². The minimum atomic E-state index is -4.64. The number of hydrogen-bond acceptors (Lipinski definition) is 6. The van der Waals surface area contributed by atoms with Gasteiger partial charge in [0.15, 0.2) is 5.82 Å². The molecule has 1 amide bonds. The van der Waals surface area contributed by atoms with Crippen molar-refractivity contribution in [2.45, 2.75) is 31.1 Å². The number of hydrogen-bond donors (Lipinski definition) is 2. The van der Waals surface area contributed by atoms with Crippen LogP contribution in [-0.4, -0.2) is 43.4 Å². The molecule has 3 aromatic rings. The van der Waals surface area contributed by atoms with Crippen LogP contribution in [-0.2, 0) is 11.0 Å². The van der Waals surface area contributed by atoms with Crippen LogP contribution in [0.3, 0.4) is 0 Å². The monoisotopic (exact) mass is 497 g/mol. The van der Waals surface area contributed by atoms with Gasteiger partial charge < -0.3 is 11.1 Å². The van der Waals surface area contributed by atoms with Gasteiger partial charge in [0.05, 0.1) is 5.57 Å². The van der Waals surface area contributed by atoms with E-state index in [2.05, 4.69) is 25.4 Å². The van der Waals surface area contributed by atoms with Gasteiger partial charge in [0.2, 0.25) is 0 Å². The Labute approximate surface area is 193 Å². The molecule has 1 aliphatic carbocycles. The molecule has 3 heterocycles. The number of nitrogens with two attached hydrogens (primary N) is 1. The Bertz CT molecular complexity index is 1260. The van der Waals surface area contributed by atoms with Crippen LogP contribution < -0.4 is 11.1 Å². The van der Waals surface area contributed by atoms with Gasteiger partial charge in [-0.3, -0.25) is 4.79 Å². The van der Waals surface area contributed by atoms with Gasteiger partial charge in [0.25, 0.3) is 5.91 Å². The zero-order valence-electron chi connectivity index (χ0n) is 17.7. The lowest BCUT2D eigenvalue weighted by Gasteiger charge is -2.10. The van der Waals surface area contributed by atoms with E-state index >= 15 is 0 Å². The van der Waals surface area contributed by atoms with Gasteiger partial charge in [-0.15, -0.1) is 5.10 Å². The lowest BCUT2D eigenvalue weighted by Crippen LogP contribution is -2.21. The third-order valence-electron chi connectivity index (χ3n) is 4.97. The van der Waals surface area contributed by atoms with Crippen LogP contribution in [0.4, 0.5) is 32.2 Å². The van der Waals surface area contributed by atoms with Crippen molar-refractivity contribution in [3.63, 3.8) is 0 Å². The average Bonchev–Trinajstić information content (AvgIpc) is 3.53. The smallest absolute Gasteiger partial charge is 0.366 e. The third-order valence-corrected chi connectivity index (χ3v) is 4.97. The molecular weight excluding hydrogens is 480 g/mol. The summed E-state index contributed by atoms with van der Waals surface area (Å²) in [5.74, 6) is -1.02. The summed E-state index contributed by atoms with van der Waals surface area (Å²) in [7, 11) is 0. The van der Waals surface area contributed by atoms with E-state index in [1.807, 2.05) is 0 Å². The molecule has 0 aromatic carbocycles. The number of pyridine rings is 2. The fraction of sp³-hybridized carbons (Fsp3) is 0.286. The van der Waals surface area contributed by atoms with Crippen LogP contribution in [0.1, 0.15) is 35.7 Å². The van der Waals surface area contributed by atoms with Crippen molar-refractivity contribution >= 4 is 23.5 Å². The number of alkyl halides is 6. The number of rotatable bonds is 7. The largest absolute Gasteiger partial charge is 0.433 e. The minimum absolute atomic E-state index is 0.0234. The topological polar surface area (TPSA) is 112 Å². The lowest BCUT2D eigenvalue weighted by atomic mass is 10.1. The van der Waals surface area contributed by atoms with Gasteiger partial charge in [0, 0.05) is 35.1 Å². The Morgan fingerprint density at radius 1 is 1.14 bits per heavy atom. The number of halogens is 6. The van der Waals surface area contributed by atoms with Crippen LogP contribution in [0, 0.1) is 0 Å². The average molecular weight is 497 g/mol. The molecule has 35 heavy (non-hydrogen) atoms. The van der Waals surface area contributed by atoms with Crippen LogP contribution in [0.5, 0.6) is 0 Å². The number of nitrogens with one attached hydrogen (secondary N) is 1. The van der Waals surface area contributed by atoms with E-state index in [4.69, 9.17) is 5.73 Å². The molecule has 0 aliphatic heterocycles. The molecule has 0 radical (unpaired) electrons. The lowest BCUT2D eigenvalue weighted by molar-refractivity contribution is -0.141. The standard InChI is InChI=1S/C21H17F6N7O/c22-20(23,24)9-30-17-4-3-12(7-29-17)14(18(28)35)8-34-10-31-19(33-34)13-5-15(11-1-2-11)32-16(6-13)21(25,26)27/h3-8,10-11H,1-2,9H2,(H2,28,35)(H,29,30)/b14-8+. The summed E-state index contributed by atoms with van der Waals surface area (Å²) in [6.45, 7) is -1.28. The summed E-state index contributed by atoms with van der Waals surface area (Å²) in [5, 5.41) is 6.21. The quantitative estimate of drug-likeness (QED) is 0.376. The van der Waals surface area contributed by atoms with Crippen LogP contribution in [0.15, 0.2) is 36.8 Å². The van der Waals surface area contributed by atoms with Gasteiger partial charge in [-0.2, -0.15) is 26.3 Å². The maximum Gasteiger partial charge on any atom is 0.433 e. The first-order valence-corrected chi connectivity index (χ1v) is 10.2. The van der Waals surface area contributed by atoms with Gasteiger partial charge in [-0.1, -0.05) is 0 Å². The fourth-order valence-corrected chi connectivity index (χ4v) is 3.15. The van der Waals surface area contributed by atoms with Gasteiger partial charge in [-0.05, 0) is 37.1 Å². The summed E-state index contributed by atoms with van der Waals surface area (Å²) in [6, 6.07) is 4.92. The van der Waals surface area contributed by atoms with Crippen molar-refractivity contribution in [2.75, 3.05) is 11.9 Å². The third kappa shape index (κ3) is 6.13. The second-order valence-electron chi connectivity index (χ2n) is 7.79. The first-order valence-electron chi connectivity index (χ1n) is 10.2. The molecule has 1 saturated carbocycles. The van der Waals surface area contributed by atoms with Gasteiger partial charge in [-0.25, -0.2) is 19.6 Å². The highest BCUT2D eigenvalue weighted by atomic mass is 19.4. The normalized spacial score (nSPS) is 14.7. The second kappa shape index (κ2) is 9.00. The number of carbonyl (C=O) groups is 1. The predicted octanol–water partition coefficient (Wildman–Crippen LogP) is 4.09. The second-order valence-corrected chi connectivity index (χ2v) is 7.79. The molecule has 14 heteroatoms. The molecule has 4 rings (SSSR count). The molecule has 1 fully saturated rings. The molecule has 0 spiro atoms. The SMILES string of the molecule is NC(=O)/C(=C/n1cnc(-c2cc(C3CC3)nc(C(F)(F)F)c2)n1)c1ccc(NCC(F)(F)F)nc1. The Kier molecular flexibility index (Phi) is 6.21. The molecule has 3 aromatic heterocycles. The zero-order valence-corrected chi connectivity index (χ0v) is 17.7. The zero-order chi connectivity index (χ0) is 25.4. The Morgan fingerprint density at radius 2 is 1.89 bits per heavy atom. The first kappa shape index (κ1) is 24.2. The highest BCUT2D eigenvalue weighted by Crippen LogP contribution is 2.41. The van der Waals surface area contributed by atoms with Crippen molar-refractivity contribution in [1.82, 2.24) is 24.7 Å². The van der Waals surface area contributed by atoms with Gasteiger partial charge in [0.1, 0.15) is 24.4 Å². The van der Waals surface area contributed by atoms with Crippen LogP contribution in [0.25, 0.3) is 23.2 Å². The minimum Gasteiger partial charge on any atom is -0.366 e. The Morgan fingerprint density at radius 3 is 2.46 bits per heavy atom. The van der Waals surface area contributed by atoms with E-state index < -0.39 is 30.5 Å². The van der Waals surface area contributed by atoms with E-state index in [1.165, 1.54) is 30.7 Å². The number of anilines is 1. The van der Waals surface area contributed by atoms with Crippen LogP contribution >= 0.6 is 0 Å². The number of aromatic nitrogens is 5. The number of nitrogens with zero attached hydrogens (tertiary/aromatic N) is 5. The molecule has 1 aliphatic rings. The summed E-state index contributed by atoms with van der Waals surface area (Å²) in [5.41, 5.74) is 4.89. The molecule has 0 unspecified atom stereocenters. The maximum atomic E-state index is 13.3. The van der Waals surface area contributed by atoms with Crippen molar-refractivity contribution < 1.29 is 31.1 Å². The number of amides is 1. The summed E-state index contributed by atoms with van der Waals surface area (Å²) in [4.78, 5) is 23.5. The first-order chi connectivity index (χ1) is 16.4. The highest BCUT2D eigenvalue weighted by molar-refractivity contribution is 6.22. The predicted molar refractivity (Wildman–Crippen MR) is 112 cm³/mol. The fourth-order valence-electron chi connectivity index (χ4n) is 3.15. The van der Waals surface area contributed by atoms with E-state index in [0.717, 1.165) is 29.8 Å². The summed E-state index contributed by atoms with van der Waals surface area (Å²) in [6.07, 6.45) is -4.07. The Hall–Kier alpha value is -3.97. The molecule has 0 atom stereocenters. The molecule has 8 nitrogen and oxygen atoms in total. The van der Waals surface area contributed by atoms with Gasteiger partial charge >= 0.3 is 12.4 Å². The van der Waals surface area contributed by atoms with Crippen molar-refractivity contribution in [2.24, 2.45) is 5.73 Å². The molecule has 3 N–H and O–H groups in total. The summed E-state index contributed by atoms with van der Waals surface area (Å²) >= 11 is 0. The van der Waals surface area contributed by atoms with Crippen LogP contribution in [0.2, 0.25) is 0 Å². The molecule has 184 valence electrons. The van der Waals surface area contributed by atoms with E-state index in [0.29, 0.717) is 5.69 Å². The summed E-state index contributed by atoms with van der Waals surface area (Å²) < 4.78 is 78.0. The molecule has 0 saturated heterocycles. The number of carbonyl (C=O) groups excluding carboxylic acids is 1. The van der Waals surface area contributed by atoms with E-state index in [9.17, 15) is 31.1 Å². The molecule has 0 bridgehead atoms. The van der Waals surface area contributed by atoms with Crippen molar-refractivity contribution in [1.29, 1.82) is 0 Å². The Balaban J connectivity index is 1.61. The van der Waals surface area contributed by atoms with E-state index in [-0.39, 0.29) is 34.3 Å². The van der Waals surface area contributed by atoms with Crippen molar-refractivity contribution in [3.05, 3.63) is 53.7 Å².